The first-order valence-corrected chi connectivity index (χ1v) is 28.2. The van der Waals surface area contributed by atoms with Crippen molar-refractivity contribution in [3.63, 3.8) is 0 Å². The first-order chi connectivity index (χ1) is 41.0. The number of aromatic hydroxyl groups is 5. The summed E-state index contributed by atoms with van der Waals surface area (Å²) in [5.74, 6) is -0.169. The van der Waals surface area contributed by atoms with Crippen molar-refractivity contribution in [2.45, 2.75) is 27.7 Å². The van der Waals surface area contributed by atoms with E-state index in [9.17, 15) is 25.5 Å². The predicted molar refractivity (Wildman–Crippen MR) is 346 cm³/mol. The summed E-state index contributed by atoms with van der Waals surface area (Å²) < 4.78 is 6.77. The summed E-state index contributed by atoms with van der Waals surface area (Å²) in [6.07, 6.45) is 0. The molecule has 6 nitrogen and oxygen atoms in total. The quantitative estimate of drug-likeness (QED) is 0.0921. The van der Waals surface area contributed by atoms with Crippen LogP contribution in [0, 0.1) is 27.7 Å². The molecule has 14 rings (SSSR count). The molecule has 0 amide bonds. The molecular formula is C78H56O6. The molecule has 0 aliphatic rings. The van der Waals surface area contributed by atoms with Crippen molar-refractivity contribution >= 4 is 53.9 Å². The lowest BCUT2D eigenvalue weighted by Gasteiger charge is -2.24. The van der Waals surface area contributed by atoms with E-state index in [4.69, 9.17) is 4.74 Å². The average Bonchev–Trinajstić information content (AvgIpc) is 1.02. The summed E-state index contributed by atoms with van der Waals surface area (Å²) in [4.78, 5) is 0. The minimum absolute atomic E-state index is 0.161. The lowest BCUT2D eigenvalue weighted by Crippen LogP contribution is -1.98. The van der Waals surface area contributed by atoms with Gasteiger partial charge in [-0.15, -0.1) is 0 Å². The van der Waals surface area contributed by atoms with Crippen LogP contribution < -0.4 is 4.74 Å². The molecule has 84 heavy (non-hydrogen) atoms. The Morgan fingerprint density at radius 2 is 0.619 bits per heavy atom. The fraction of sp³-hybridized carbons (Fsp3) is 0.0513. The van der Waals surface area contributed by atoms with Crippen molar-refractivity contribution in [3.05, 3.63) is 259 Å². The second-order valence-electron chi connectivity index (χ2n) is 21.9. The number of phenols is 5. The van der Waals surface area contributed by atoms with Crippen LogP contribution in [0.5, 0.6) is 40.2 Å². The Kier molecular flexibility index (Phi) is 12.4. The van der Waals surface area contributed by atoms with Gasteiger partial charge in [-0.05, 0) is 161 Å². The summed E-state index contributed by atoms with van der Waals surface area (Å²) in [6, 6.07) is 81.4. The van der Waals surface area contributed by atoms with E-state index in [-0.39, 0.29) is 51.0 Å². The standard InChI is InChI=1S/C78H56O6/c1-44-73(79)45(2)75(81)71(74(44)80)69-60-30-16-17-31-61(60)70(65-42-53(36-40-63(65)69)48-20-8-5-9-21-48)72-76(82)46(3)78(47(4)77(72)83)84-55-38-34-52(35-39-55)67-58-28-14-15-29-59(58)68(50-24-12-7-13-25-50)64-43-54(37-41-62(64)67)57-33-19-27-51-26-18-32-56(66(51)57)49-22-10-6-11-23-49/h5-43,79-83H,1-4H3. The van der Waals surface area contributed by atoms with Crippen LogP contribution in [0.1, 0.15) is 22.3 Å². The molecule has 0 radical (unpaired) electrons. The van der Waals surface area contributed by atoms with E-state index in [0.29, 0.717) is 55.3 Å². The number of fused-ring (bicyclic) bond motifs is 5. The zero-order chi connectivity index (χ0) is 57.5. The van der Waals surface area contributed by atoms with E-state index in [1.165, 1.54) is 27.5 Å². The van der Waals surface area contributed by atoms with Gasteiger partial charge < -0.3 is 30.3 Å². The van der Waals surface area contributed by atoms with Crippen LogP contribution >= 0.6 is 0 Å². The maximum absolute atomic E-state index is 12.7. The zero-order valence-electron chi connectivity index (χ0n) is 46.7. The smallest absolute Gasteiger partial charge is 0.140 e. The third-order valence-electron chi connectivity index (χ3n) is 17.1. The normalized spacial score (nSPS) is 11.6. The van der Waals surface area contributed by atoms with Crippen molar-refractivity contribution < 1.29 is 30.3 Å². The molecule has 0 atom stereocenters. The Labute approximate surface area is 486 Å². The molecule has 0 saturated heterocycles. The number of phenolic OH excluding ortho intramolecular Hbond substituents is 5. The van der Waals surface area contributed by atoms with Gasteiger partial charge in [0.05, 0.1) is 11.1 Å². The highest BCUT2D eigenvalue weighted by Crippen LogP contribution is 2.57. The molecule has 404 valence electrons. The number of ether oxygens (including phenoxy) is 1. The van der Waals surface area contributed by atoms with E-state index < -0.39 is 0 Å². The lowest BCUT2D eigenvalue weighted by atomic mass is 9.82. The third-order valence-corrected chi connectivity index (χ3v) is 17.1. The molecule has 0 saturated carbocycles. The molecular weight excluding hydrogens is 1030 g/mol. The number of benzene rings is 14. The van der Waals surface area contributed by atoms with Crippen LogP contribution in [0.2, 0.25) is 0 Å². The molecule has 0 aliphatic carbocycles. The summed E-state index contributed by atoms with van der Waals surface area (Å²) in [5.41, 5.74) is 13.7. The Morgan fingerprint density at radius 1 is 0.250 bits per heavy atom. The number of rotatable bonds is 9. The van der Waals surface area contributed by atoms with Crippen LogP contribution in [0.25, 0.3) is 132 Å². The van der Waals surface area contributed by atoms with E-state index in [2.05, 4.69) is 152 Å². The highest BCUT2D eigenvalue weighted by Gasteiger charge is 2.30. The monoisotopic (exact) mass is 1090 g/mol. The fourth-order valence-corrected chi connectivity index (χ4v) is 13.0. The van der Waals surface area contributed by atoms with Gasteiger partial charge in [-0.3, -0.25) is 0 Å². The van der Waals surface area contributed by atoms with E-state index >= 15 is 0 Å². The number of hydrogen-bond acceptors (Lipinski definition) is 6. The van der Waals surface area contributed by atoms with E-state index in [0.717, 1.165) is 60.5 Å². The van der Waals surface area contributed by atoms with Crippen molar-refractivity contribution in [1.82, 2.24) is 0 Å². The minimum atomic E-state index is -0.249. The molecule has 14 aromatic rings. The van der Waals surface area contributed by atoms with Gasteiger partial charge in [-0.2, -0.15) is 0 Å². The fourth-order valence-electron chi connectivity index (χ4n) is 13.0. The van der Waals surface area contributed by atoms with Crippen LogP contribution in [-0.4, -0.2) is 25.5 Å². The first kappa shape index (κ1) is 51.3. The number of hydrogen-bond donors (Lipinski definition) is 5. The third kappa shape index (κ3) is 8.17. The molecule has 5 N–H and O–H groups in total. The molecule has 0 bridgehead atoms. The van der Waals surface area contributed by atoms with Gasteiger partial charge in [-0.1, -0.05) is 212 Å². The molecule has 0 aromatic heterocycles. The Balaban J connectivity index is 0.909. The second-order valence-corrected chi connectivity index (χ2v) is 21.9. The van der Waals surface area contributed by atoms with Crippen molar-refractivity contribution in [3.8, 4) is 118 Å². The van der Waals surface area contributed by atoms with E-state index in [1.807, 2.05) is 84.9 Å². The van der Waals surface area contributed by atoms with Gasteiger partial charge in [0.2, 0.25) is 0 Å². The molecule has 0 spiro atoms. The summed E-state index contributed by atoms with van der Waals surface area (Å²) in [5, 5.41) is 69.3. The van der Waals surface area contributed by atoms with Crippen LogP contribution in [-0.2, 0) is 0 Å². The highest BCUT2D eigenvalue weighted by atomic mass is 16.5. The second kappa shape index (κ2) is 20.3. The van der Waals surface area contributed by atoms with Crippen molar-refractivity contribution in [2.24, 2.45) is 0 Å². The van der Waals surface area contributed by atoms with Crippen LogP contribution in [0.3, 0.4) is 0 Å². The molecule has 14 aromatic carbocycles. The SMILES string of the molecule is Cc1c(O)c(C)c(O)c(-c2c3ccccc3c(-c3c(O)c(C)c(Oc4ccc(-c5c6ccccc6c(-c6ccccc6)c6cc(-c7cccc8cccc(-c9ccccc9)c78)ccc56)cc4)c(C)c3O)c3cc(-c4ccccc4)ccc23)c1O. The van der Waals surface area contributed by atoms with Crippen molar-refractivity contribution in [2.75, 3.05) is 0 Å². The van der Waals surface area contributed by atoms with Gasteiger partial charge in [-0.25, -0.2) is 0 Å². The lowest BCUT2D eigenvalue weighted by molar-refractivity contribution is 0.420. The maximum atomic E-state index is 12.7. The summed E-state index contributed by atoms with van der Waals surface area (Å²) >= 11 is 0. The summed E-state index contributed by atoms with van der Waals surface area (Å²) in [7, 11) is 0. The van der Waals surface area contributed by atoms with Gasteiger partial charge in [0.25, 0.3) is 0 Å². The van der Waals surface area contributed by atoms with E-state index in [1.54, 1.807) is 27.7 Å². The maximum Gasteiger partial charge on any atom is 0.140 e. The Morgan fingerprint density at radius 3 is 1.17 bits per heavy atom. The molecule has 0 fully saturated rings. The van der Waals surface area contributed by atoms with Crippen molar-refractivity contribution in [1.29, 1.82) is 0 Å². The van der Waals surface area contributed by atoms with Gasteiger partial charge in [0.15, 0.2) is 0 Å². The molecule has 0 heterocycles. The first-order valence-electron chi connectivity index (χ1n) is 28.2. The molecule has 6 heteroatoms. The Hall–Kier alpha value is -10.8. The predicted octanol–water partition coefficient (Wildman–Crippen LogP) is 20.7. The van der Waals surface area contributed by atoms with Crippen LogP contribution in [0.4, 0.5) is 0 Å². The van der Waals surface area contributed by atoms with Gasteiger partial charge in [0.1, 0.15) is 40.2 Å². The zero-order valence-corrected chi connectivity index (χ0v) is 46.7. The summed E-state index contributed by atoms with van der Waals surface area (Å²) in [6.45, 7) is 6.82. The highest BCUT2D eigenvalue weighted by molar-refractivity contribution is 6.25. The Bertz CT molecular complexity index is 4930. The van der Waals surface area contributed by atoms with Gasteiger partial charge >= 0.3 is 0 Å². The largest absolute Gasteiger partial charge is 0.507 e. The van der Waals surface area contributed by atoms with Crippen LogP contribution in [0.15, 0.2) is 237 Å². The average molecular weight is 1090 g/mol. The minimum Gasteiger partial charge on any atom is -0.507 e. The topological polar surface area (TPSA) is 110 Å². The van der Waals surface area contributed by atoms with Gasteiger partial charge in [0, 0.05) is 33.4 Å². The molecule has 0 aliphatic heterocycles. The molecule has 0 unspecified atom stereocenters.